The Morgan fingerprint density at radius 1 is 1.38 bits per heavy atom. The molecule has 0 aromatic rings. The van der Waals surface area contributed by atoms with E-state index >= 15 is 0 Å². The molecule has 0 heterocycles. The van der Waals surface area contributed by atoms with E-state index in [1.165, 1.54) is 0 Å². The highest BCUT2D eigenvalue weighted by atomic mass is 16.5. The van der Waals surface area contributed by atoms with Crippen LogP contribution in [-0.4, -0.2) is 23.1 Å². The van der Waals surface area contributed by atoms with Crippen LogP contribution in [-0.2, 0) is 14.3 Å². The molecule has 0 aliphatic heterocycles. The first-order valence-corrected chi connectivity index (χ1v) is 4.43. The molecule has 0 bridgehead atoms. The van der Waals surface area contributed by atoms with Crippen molar-refractivity contribution >= 4 is 11.9 Å². The number of carbonyl (C=O) groups is 2. The molecule has 0 saturated heterocycles. The van der Waals surface area contributed by atoms with Crippen LogP contribution in [0.15, 0.2) is 0 Å². The fourth-order valence-corrected chi connectivity index (χ4v) is 1.36. The Morgan fingerprint density at radius 3 is 2.15 bits per heavy atom. The average molecular weight is 186 g/mol. The van der Waals surface area contributed by atoms with Crippen LogP contribution in [0.1, 0.15) is 33.1 Å². The van der Waals surface area contributed by atoms with Crippen LogP contribution in [0.2, 0.25) is 0 Å². The molecule has 1 aliphatic carbocycles. The van der Waals surface area contributed by atoms with E-state index in [9.17, 15) is 9.59 Å². The fraction of sp³-hybridized carbons (Fsp3) is 0.778. The van der Waals surface area contributed by atoms with E-state index in [2.05, 4.69) is 0 Å². The predicted molar refractivity (Wildman–Crippen MR) is 45.1 cm³/mol. The average Bonchev–Trinajstić information content (AvgIpc) is 1.79. The molecule has 1 rings (SSSR count). The Hall–Kier alpha value is -1.06. The number of hydrogen-bond donors (Lipinski definition) is 1. The number of carbonyl (C=O) groups excluding carboxylic acids is 1. The molecule has 0 amide bonds. The maximum absolute atomic E-state index is 11.4. The fourth-order valence-electron chi connectivity index (χ4n) is 1.36. The first kappa shape index (κ1) is 10.0. The Balaban J connectivity index is 2.66. The number of esters is 1. The number of ether oxygens (including phenoxy) is 1. The van der Waals surface area contributed by atoms with Crippen molar-refractivity contribution in [2.24, 2.45) is 5.41 Å². The Kier molecular flexibility index (Phi) is 2.59. The molecule has 1 fully saturated rings. The minimum atomic E-state index is -1.23. The topological polar surface area (TPSA) is 63.6 Å². The molecule has 0 radical (unpaired) electrons. The lowest BCUT2D eigenvalue weighted by molar-refractivity contribution is -0.178. The van der Waals surface area contributed by atoms with Gasteiger partial charge in [0.1, 0.15) is 0 Å². The first-order valence-electron chi connectivity index (χ1n) is 4.43. The van der Waals surface area contributed by atoms with Gasteiger partial charge in [-0.2, -0.15) is 0 Å². The van der Waals surface area contributed by atoms with Crippen LogP contribution in [0.5, 0.6) is 0 Å². The van der Waals surface area contributed by atoms with Crippen molar-refractivity contribution in [1.82, 2.24) is 0 Å². The zero-order valence-corrected chi connectivity index (χ0v) is 7.87. The third kappa shape index (κ3) is 1.66. The first-order chi connectivity index (χ1) is 5.99. The van der Waals surface area contributed by atoms with Gasteiger partial charge in [0.15, 0.2) is 5.41 Å². The van der Waals surface area contributed by atoms with Crippen LogP contribution in [0.3, 0.4) is 0 Å². The Morgan fingerprint density at radius 2 is 1.92 bits per heavy atom. The smallest absolute Gasteiger partial charge is 0.323 e. The molecule has 1 N–H and O–H groups in total. The van der Waals surface area contributed by atoms with Gasteiger partial charge in [-0.25, -0.2) is 0 Å². The summed E-state index contributed by atoms with van der Waals surface area (Å²) in [6, 6.07) is 0. The summed E-state index contributed by atoms with van der Waals surface area (Å²) in [5.41, 5.74) is -1.23. The summed E-state index contributed by atoms with van der Waals surface area (Å²) < 4.78 is 4.90. The second-order valence-corrected chi connectivity index (χ2v) is 3.69. The summed E-state index contributed by atoms with van der Waals surface area (Å²) in [5, 5.41) is 8.87. The number of hydrogen-bond acceptors (Lipinski definition) is 3. The number of aliphatic carboxylic acids is 1. The molecule has 1 aliphatic rings. The van der Waals surface area contributed by atoms with Gasteiger partial charge in [0.05, 0.1) is 6.10 Å². The molecular formula is C9H14O4. The number of carboxylic acids is 1. The standard InChI is InChI=1S/C9H14O4/c1-6(2)13-8(12)9(7(10)11)4-3-5-9/h6H,3-5H2,1-2H3,(H,10,11). The molecule has 0 unspecified atom stereocenters. The van der Waals surface area contributed by atoms with Crippen molar-refractivity contribution in [3.8, 4) is 0 Å². The molecule has 13 heavy (non-hydrogen) atoms. The Bertz CT molecular complexity index is 228. The molecular weight excluding hydrogens is 172 g/mol. The highest BCUT2D eigenvalue weighted by molar-refractivity contribution is 6.00. The molecule has 0 aromatic carbocycles. The van der Waals surface area contributed by atoms with Gasteiger partial charge in [-0.05, 0) is 33.1 Å². The van der Waals surface area contributed by atoms with E-state index in [0.29, 0.717) is 12.8 Å². The summed E-state index contributed by atoms with van der Waals surface area (Å²) in [7, 11) is 0. The normalized spacial score (nSPS) is 19.3. The van der Waals surface area contributed by atoms with Gasteiger partial charge in [-0.1, -0.05) is 0 Å². The van der Waals surface area contributed by atoms with Crippen LogP contribution >= 0.6 is 0 Å². The summed E-state index contributed by atoms with van der Waals surface area (Å²) >= 11 is 0. The van der Waals surface area contributed by atoms with Crippen molar-refractivity contribution in [2.75, 3.05) is 0 Å². The third-order valence-electron chi connectivity index (χ3n) is 2.35. The summed E-state index contributed by atoms with van der Waals surface area (Å²) in [4.78, 5) is 22.2. The molecule has 74 valence electrons. The molecule has 0 atom stereocenters. The van der Waals surface area contributed by atoms with E-state index in [-0.39, 0.29) is 6.10 Å². The maximum Gasteiger partial charge on any atom is 0.323 e. The van der Waals surface area contributed by atoms with Gasteiger partial charge in [0.25, 0.3) is 0 Å². The highest BCUT2D eigenvalue weighted by Crippen LogP contribution is 2.42. The molecule has 1 saturated carbocycles. The zero-order valence-electron chi connectivity index (χ0n) is 7.87. The number of rotatable bonds is 3. The molecule has 0 spiro atoms. The van der Waals surface area contributed by atoms with Crippen molar-refractivity contribution in [1.29, 1.82) is 0 Å². The van der Waals surface area contributed by atoms with E-state index in [1.807, 2.05) is 0 Å². The van der Waals surface area contributed by atoms with Gasteiger partial charge in [-0.15, -0.1) is 0 Å². The van der Waals surface area contributed by atoms with Crippen molar-refractivity contribution < 1.29 is 19.4 Å². The van der Waals surface area contributed by atoms with Gasteiger partial charge in [0.2, 0.25) is 0 Å². The summed E-state index contributed by atoms with van der Waals surface area (Å²) in [5.74, 6) is -1.63. The summed E-state index contributed by atoms with van der Waals surface area (Å²) in [6.45, 7) is 3.43. The van der Waals surface area contributed by atoms with Gasteiger partial charge >= 0.3 is 11.9 Å². The maximum atomic E-state index is 11.4. The lowest BCUT2D eigenvalue weighted by Gasteiger charge is -2.35. The van der Waals surface area contributed by atoms with E-state index in [1.54, 1.807) is 13.8 Å². The van der Waals surface area contributed by atoms with Crippen LogP contribution in [0.4, 0.5) is 0 Å². The summed E-state index contributed by atoms with van der Waals surface area (Å²) in [6.07, 6.45) is 1.37. The predicted octanol–water partition coefficient (Wildman–Crippen LogP) is 1.19. The van der Waals surface area contributed by atoms with Crippen molar-refractivity contribution in [2.45, 2.75) is 39.2 Å². The third-order valence-corrected chi connectivity index (χ3v) is 2.35. The minimum absolute atomic E-state index is 0.246. The van der Waals surface area contributed by atoms with Crippen LogP contribution in [0, 0.1) is 5.41 Å². The molecule has 4 heteroatoms. The molecule has 0 aromatic heterocycles. The van der Waals surface area contributed by atoms with E-state index < -0.39 is 17.4 Å². The Labute approximate surface area is 76.9 Å². The van der Waals surface area contributed by atoms with Crippen LogP contribution in [0.25, 0.3) is 0 Å². The van der Waals surface area contributed by atoms with E-state index in [4.69, 9.17) is 9.84 Å². The minimum Gasteiger partial charge on any atom is -0.480 e. The lowest BCUT2D eigenvalue weighted by Crippen LogP contribution is -2.46. The zero-order chi connectivity index (χ0) is 10.1. The highest BCUT2D eigenvalue weighted by Gasteiger charge is 2.52. The second-order valence-electron chi connectivity index (χ2n) is 3.69. The second kappa shape index (κ2) is 3.36. The molecule has 4 nitrogen and oxygen atoms in total. The van der Waals surface area contributed by atoms with Gasteiger partial charge in [-0.3, -0.25) is 9.59 Å². The van der Waals surface area contributed by atoms with Crippen molar-refractivity contribution in [3.05, 3.63) is 0 Å². The quantitative estimate of drug-likeness (QED) is 0.531. The van der Waals surface area contributed by atoms with Crippen LogP contribution < -0.4 is 0 Å². The van der Waals surface area contributed by atoms with Gasteiger partial charge < -0.3 is 9.84 Å². The monoisotopic (exact) mass is 186 g/mol. The number of carboxylic acid groups (broad SMARTS) is 1. The SMILES string of the molecule is CC(C)OC(=O)C1(C(=O)O)CCC1. The largest absolute Gasteiger partial charge is 0.480 e. The van der Waals surface area contributed by atoms with Gasteiger partial charge in [0, 0.05) is 0 Å². The van der Waals surface area contributed by atoms with E-state index in [0.717, 1.165) is 6.42 Å². The lowest BCUT2D eigenvalue weighted by atomic mass is 9.69. The van der Waals surface area contributed by atoms with Crippen molar-refractivity contribution in [3.63, 3.8) is 0 Å².